The van der Waals surface area contributed by atoms with Gasteiger partial charge in [-0.15, -0.1) is 0 Å². The maximum absolute atomic E-state index is 12.1. The van der Waals surface area contributed by atoms with E-state index >= 15 is 0 Å². The van der Waals surface area contributed by atoms with Gasteiger partial charge in [-0.05, 0) is 22.9 Å². The molecule has 94 valence electrons. The Morgan fingerprint density at radius 1 is 1.41 bits per heavy atom. The van der Waals surface area contributed by atoms with E-state index in [1.54, 1.807) is 0 Å². The summed E-state index contributed by atoms with van der Waals surface area (Å²) in [6.45, 7) is -1.30. The molecule has 0 spiro atoms. The van der Waals surface area contributed by atoms with Gasteiger partial charge >= 0.3 is 6.61 Å². The first-order valence-corrected chi connectivity index (χ1v) is 5.79. The van der Waals surface area contributed by atoms with Gasteiger partial charge in [0.25, 0.3) is 0 Å². The maximum Gasteiger partial charge on any atom is 0.345 e. The lowest BCUT2D eigenvalue weighted by Gasteiger charge is -2.49. The molecule has 0 amide bonds. The fourth-order valence-corrected chi connectivity index (χ4v) is 2.40. The first-order chi connectivity index (χ1) is 7.83. The van der Waals surface area contributed by atoms with E-state index in [4.69, 9.17) is 0 Å². The molecule has 0 atom stereocenters. The van der Waals surface area contributed by atoms with Crippen LogP contribution in [-0.2, 0) is 10.3 Å². The van der Waals surface area contributed by atoms with Gasteiger partial charge in [0, 0.05) is 25.2 Å². The number of ether oxygens (including phenoxy) is 1. The summed E-state index contributed by atoms with van der Waals surface area (Å²) in [6.07, 6.45) is 3.13. The smallest absolute Gasteiger partial charge is 0.345 e. The van der Waals surface area contributed by atoms with Crippen LogP contribution >= 0.6 is 15.9 Å². The predicted octanol–water partition coefficient (Wildman–Crippen LogP) is 2.22. The van der Waals surface area contributed by atoms with Crippen molar-refractivity contribution in [2.24, 2.45) is 0 Å². The van der Waals surface area contributed by atoms with E-state index < -0.39 is 17.8 Å². The van der Waals surface area contributed by atoms with Crippen LogP contribution in [0.25, 0.3) is 0 Å². The highest BCUT2D eigenvalue weighted by Crippen LogP contribution is 2.49. The summed E-state index contributed by atoms with van der Waals surface area (Å²) >= 11 is 3.18. The van der Waals surface area contributed by atoms with E-state index in [1.807, 2.05) is 0 Å². The molecule has 1 fully saturated rings. The number of aromatic nitrogens is 2. The average molecular weight is 309 g/mol. The normalized spacial score (nSPS) is 32.6. The van der Waals surface area contributed by atoms with Gasteiger partial charge in [-0.25, -0.2) is 9.97 Å². The van der Waals surface area contributed by atoms with E-state index in [2.05, 4.69) is 30.6 Å². The van der Waals surface area contributed by atoms with Crippen molar-refractivity contribution in [3.05, 3.63) is 22.7 Å². The zero-order valence-corrected chi connectivity index (χ0v) is 10.6. The topological polar surface area (TPSA) is 55.2 Å². The third-order valence-electron chi connectivity index (χ3n) is 2.74. The Hall–Kier alpha value is -0.660. The Morgan fingerprint density at radius 2 is 1.94 bits per heavy atom. The summed E-state index contributed by atoms with van der Waals surface area (Å²) < 4.78 is 29.4. The highest BCUT2D eigenvalue weighted by molar-refractivity contribution is 9.10. The van der Waals surface area contributed by atoms with Crippen LogP contribution in [0, 0.1) is 0 Å². The second-order valence-corrected chi connectivity index (χ2v) is 5.35. The fourth-order valence-electron chi connectivity index (χ4n) is 2.19. The number of alkyl halides is 2. The van der Waals surface area contributed by atoms with Gasteiger partial charge in [0.2, 0.25) is 0 Å². The van der Waals surface area contributed by atoms with Crippen LogP contribution < -0.4 is 0 Å². The molecule has 1 aromatic heterocycles. The lowest BCUT2D eigenvalue weighted by atomic mass is 9.67. The van der Waals surface area contributed by atoms with Crippen molar-refractivity contribution in [1.82, 2.24) is 9.97 Å². The number of rotatable bonds is 3. The van der Waals surface area contributed by atoms with Gasteiger partial charge < -0.3 is 9.84 Å². The molecule has 1 aliphatic rings. The minimum absolute atomic E-state index is 0.0615. The molecule has 0 bridgehead atoms. The Labute approximate surface area is 105 Å². The zero-order valence-electron chi connectivity index (χ0n) is 9.03. The largest absolute Gasteiger partial charge is 0.382 e. The third-order valence-corrected chi connectivity index (χ3v) is 3.15. The fraction of sp³-hybridized carbons (Fsp3) is 0.600. The van der Waals surface area contributed by atoms with Crippen LogP contribution in [0.4, 0.5) is 8.78 Å². The summed E-state index contributed by atoms with van der Waals surface area (Å²) in [5.41, 5.74) is -2.29. The van der Waals surface area contributed by atoms with Crippen LogP contribution in [0.15, 0.2) is 16.9 Å². The predicted molar refractivity (Wildman–Crippen MR) is 58.4 cm³/mol. The van der Waals surface area contributed by atoms with E-state index in [0.29, 0.717) is 4.47 Å². The summed E-state index contributed by atoms with van der Waals surface area (Å²) in [4.78, 5) is 7.93. The molecule has 2 rings (SSSR count). The van der Waals surface area contributed by atoms with Crippen molar-refractivity contribution in [3.8, 4) is 0 Å². The van der Waals surface area contributed by atoms with E-state index in [-0.39, 0.29) is 18.7 Å². The van der Waals surface area contributed by atoms with Gasteiger partial charge in [0.05, 0.1) is 10.1 Å². The number of nitrogens with zero attached hydrogens (tertiary/aromatic N) is 2. The first-order valence-electron chi connectivity index (χ1n) is 4.99. The molecular weight excluding hydrogens is 298 g/mol. The van der Waals surface area contributed by atoms with Crippen molar-refractivity contribution in [2.75, 3.05) is 0 Å². The lowest BCUT2D eigenvalue weighted by Crippen LogP contribution is -2.55. The Kier molecular flexibility index (Phi) is 3.17. The Morgan fingerprint density at radius 3 is 2.41 bits per heavy atom. The van der Waals surface area contributed by atoms with E-state index in [0.717, 1.165) is 0 Å². The standard InChI is InChI=1S/C10H11BrF2N2O2/c1-9(17-8(12)13)4-10(16,5-9)7-14-2-6(11)3-15-7/h2-3,8,16H,4-5H2,1H3. The summed E-state index contributed by atoms with van der Waals surface area (Å²) in [5, 5.41) is 10.2. The van der Waals surface area contributed by atoms with Crippen molar-refractivity contribution >= 4 is 15.9 Å². The zero-order chi connectivity index (χ0) is 12.7. The quantitative estimate of drug-likeness (QED) is 0.930. The molecule has 0 saturated heterocycles. The van der Waals surface area contributed by atoms with Crippen LogP contribution in [0.1, 0.15) is 25.6 Å². The molecule has 0 radical (unpaired) electrons. The SMILES string of the molecule is CC1(OC(F)F)CC(O)(c2ncc(Br)cn2)C1. The molecule has 0 aromatic carbocycles. The second kappa shape index (κ2) is 4.22. The average Bonchev–Trinajstić information content (AvgIpc) is 2.14. The summed E-state index contributed by atoms with van der Waals surface area (Å²) in [6, 6.07) is 0. The van der Waals surface area contributed by atoms with Crippen LogP contribution in [0.5, 0.6) is 0 Å². The van der Waals surface area contributed by atoms with E-state index in [1.165, 1.54) is 19.3 Å². The molecule has 4 nitrogen and oxygen atoms in total. The first kappa shape index (κ1) is 12.8. The highest BCUT2D eigenvalue weighted by Gasteiger charge is 2.55. The van der Waals surface area contributed by atoms with E-state index in [9.17, 15) is 13.9 Å². The van der Waals surface area contributed by atoms with Gasteiger partial charge in [-0.2, -0.15) is 8.78 Å². The molecule has 1 N–H and O–H groups in total. The number of aliphatic hydroxyl groups is 1. The minimum atomic E-state index is -2.84. The van der Waals surface area contributed by atoms with Crippen LogP contribution in [0.2, 0.25) is 0 Å². The maximum atomic E-state index is 12.1. The Balaban J connectivity index is 2.07. The molecule has 7 heteroatoms. The van der Waals surface area contributed by atoms with Crippen molar-refractivity contribution in [2.45, 2.75) is 37.6 Å². The van der Waals surface area contributed by atoms with Crippen molar-refractivity contribution in [1.29, 1.82) is 0 Å². The summed E-state index contributed by atoms with van der Waals surface area (Å²) in [7, 11) is 0. The van der Waals surface area contributed by atoms with Crippen molar-refractivity contribution < 1.29 is 18.6 Å². The molecule has 1 aliphatic carbocycles. The molecule has 0 unspecified atom stereocenters. The molecule has 1 heterocycles. The highest BCUT2D eigenvalue weighted by atomic mass is 79.9. The van der Waals surface area contributed by atoms with Crippen LogP contribution in [-0.4, -0.2) is 27.3 Å². The lowest BCUT2D eigenvalue weighted by molar-refractivity contribution is -0.278. The monoisotopic (exact) mass is 308 g/mol. The van der Waals surface area contributed by atoms with Crippen LogP contribution in [0.3, 0.4) is 0 Å². The molecular formula is C10H11BrF2N2O2. The molecule has 17 heavy (non-hydrogen) atoms. The van der Waals surface area contributed by atoms with Crippen molar-refractivity contribution in [3.63, 3.8) is 0 Å². The third kappa shape index (κ3) is 2.61. The number of hydrogen-bond donors (Lipinski definition) is 1. The molecule has 1 aromatic rings. The second-order valence-electron chi connectivity index (χ2n) is 4.44. The number of hydrogen-bond acceptors (Lipinski definition) is 4. The van der Waals surface area contributed by atoms with Gasteiger partial charge in [-0.1, -0.05) is 0 Å². The van der Waals surface area contributed by atoms with Gasteiger partial charge in [-0.3, -0.25) is 0 Å². The number of halogens is 3. The molecule has 1 saturated carbocycles. The minimum Gasteiger partial charge on any atom is -0.382 e. The molecule has 0 aliphatic heterocycles. The van der Waals surface area contributed by atoms with Gasteiger partial charge in [0.15, 0.2) is 5.82 Å². The Bertz CT molecular complexity index is 407. The van der Waals surface area contributed by atoms with Gasteiger partial charge in [0.1, 0.15) is 5.60 Å². The summed E-state index contributed by atoms with van der Waals surface area (Å²) in [5.74, 6) is 0.232.